The Balaban J connectivity index is 1.61. The van der Waals surface area contributed by atoms with E-state index in [1.807, 2.05) is 41.0 Å². The zero-order valence-electron chi connectivity index (χ0n) is 13.9. The first kappa shape index (κ1) is 14.8. The summed E-state index contributed by atoms with van der Waals surface area (Å²) in [4.78, 5) is 19.1. The van der Waals surface area contributed by atoms with Crippen LogP contribution in [0, 0.1) is 6.92 Å². The van der Waals surface area contributed by atoms with Gasteiger partial charge in [0.05, 0.1) is 18.4 Å². The number of rotatable bonds is 2. The van der Waals surface area contributed by atoms with Gasteiger partial charge in [-0.3, -0.25) is 4.79 Å². The highest BCUT2D eigenvalue weighted by molar-refractivity contribution is 5.92. The van der Waals surface area contributed by atoms with Crippen LogP contribution < -0.4 is 0 Å². The molecule has 5 heteroatoms. The zero-order valence-corrected chi connectivity index (χ0v) is 13.9. The van der Waals surface area contributed by atoms with Crippen molar-refractivity contribution >= 4 is 5.91 Å². The SMILES string of the molecule is Cc1cccc(-c2cnc3n2CCN(C(=O)c2cccn2C)C3)c1. The van der Waals surface area contributed by atoms with Gasteiger partial charge in [-0.05, 0) is 25.1 Å². The Hall–Kier alpha value is -2.82. The largest absolute Gasteiger partial charge is 0.347 e. The van der Waals surface area contributed by atoms with E-state index in [0.717, 1.165) is 18.1 Å². The lowest BCUT2D eigenvalue weighted by Gasteiger charge is -2.28. The van der Waals surface area contributed by atoms with Crippen LogP contribution in [0.4, 0.5) is 0 Å². The molecule has 0 N–H and O–H groups in total. The highest BCUT2D eigenvalue weighted by Gasteiger charge is 2.25. The number of imidazole rings is 1. The van der Waals surface area contributed by atoms with Gasteiger partial charge in [0.1, 0.15) is 11.5 Å². The molecule has 0 atom stereocenters. The van der Waals surface area contributed by atoms with Crippen LogP contribution >= 0.6 is 0 Å². The van der Waals surface area contributed by atoms with Gasteiger partial charge in [-0.15, -0.1) is 0 Å². The fraction of sp³-hybridized carbons (Fsp3) is 0.263. The summed E-state index contributed by atoms with van der Waals surface area (Å²) in [6.45, 7) is 4.12. The summed E-state index contributed by atoms with van der Waals surface area (Å²) in [6, 6.07) is 12.2. The van der Waals surface area contributed by atoms with Crippen molar-refractivity contribution in [2.75, 3.05) is 6.54 Å². The van der Waals surface area contributed by atoms with Gasteiger partial charge in [-0.2, -0.15) is 0 Å². The molecule has 1 aromatic carbocycles. The maximum atomic E-state index is 12.7. The third-order valence-electron chi connectivity index (χ3n) is 4.63. The third kappa shape index (κ3) is 2.42. The Labute approximate surface area is 141 Å². The summed E-state index contributed by atoms with van der Waals surface area (Å²) in [6.07, 6.45) is 3.81. The van der Waals surface area contributed by atoms with Gasteiger partial charge in [0.15, 0.2) is 0 Å². The number of carbonyl (C=O) groups is 1. The number of nitrogens with zero attached hydrogens (tertiary/aromatic N) is 4. The first-order valence-corrected chi connectivity index (χ1v) is 8.15. The van der Waals surface area contributed by atoms with Crippen molar-refractivity contribution in [3.05, 3.63) is 65.9 Å². The van der Waals surface area contributed by atoms with Gasteiger partial charge in [0.25, 0.3) is 5.91 Å². The number of hydrogen-bond acceptors (Lipinski definition) is 2. The topological polar surface area (TPSA) is 43.1 Å². The van der Waals surface area contributed by atoms with E-state index >= 15 is 0 Å². The zero-order chi connectivity index (χ0) is 16.7. The lowest BCUT2D eigenvalue weighted by molar-refractivity contribution is 0.0698. The van der Waals surface area contributed by atoms with Crippen LogP contribution in [0.5, 0.6) is 0 Å². The molecule has 0 unspecified atom stereocenters. The van der Waals surface area contributed by atoms with Crippen molar-refractivity contribution in [2.24, 2.45) is 7.05 Å². The highest BCUT2D eigenvalue weighted by atomic mass is 16.2. The second-order valence-electron chi connectivity index (χ2n) is 6.31. The number of hydrogen-bond donors (Lipinski definition) is 0. The van der Waals surface area contributed by atoms with E-state index < -0.39 is 0 Å². The first-order chi connectivity index (χ1) is 11.6. The second-order valence-corrected chi connectivity index (χ2v) is 6.31. The fourth-order valence-electron chi connectivity index (χ4n) is 3.31. The maximum Gasteiger partial charge on any atom is 0.270 e. The molecular formula is C19H20N4O. The number of fused-ring (bicyclic) bond motifs is 1. The van der Waals surface area contributed by atoms with E-state index in [-0.39, 0.29) is 5.91 Å². The Morgan fingerprint density at radius 3 is 2.79 bits per heavy atom. The molecule has 4 rings (SSSR count). The number of aromatic nitrogens is 3. The van der Waals surface area contributed by atoms with Crippen molar-refractivity contribution < 1.29 is 4.79 Å². The normalized spacial score (nSPS) is 13.8. The van der Waals surface area contributed by atoms with Gasteiger partial charge in [0, 0.05) is 31.9 Å². The molecule has 0 aliphatic carbocycles. The molecule has 1 aliphatic rings. The van der Waals surface area contributed by atoms with E-state index in [4.69, 9.17) is 0 Å². The summed E-state index contributed by atoms with van der Waals surface area (Å²) < 4.78 is 4.09. The quantitative estimate of drug-likeness (QED) is 0.729. The monoisotopic (exact) mass is 320 g/mol. The summed E-state index contributed by atoms with van der Waals surface area (Å²) in [5.74, 6) is 1.01. The van der Waals surface area contributed by atoms with Crippen molar-refractivity contribution in [3.63, 3.8) is 0 Å². The molecule has 0 spiro atoms. The molecule has 0 fully saturated rings. The molecule has 0 saturated carbocycles. The van der Waals surface area contributed by atoms with Crippen LogP contribution in [-0.2, 0) is 20.1 Å². The van der Waals surface area contributed by atoms with E-state index in [9.17, 15) is 4.79 Å². The lowest BCUT2D eigenvalue weighted by atomic mass is 10.1. The Bertz CT molecular complexity index is 906. The van der Waals surface area contributed by atoms with Crippen molar-refractivity contribution in [3.8, 4) is 11.3 Å². The molecule has 5 nitrogen and oxygen atoms in total. The first-order valence-electron chi connectivity index (χ1n) is 8.15. The van der Waals surface area contributed by atoms with Gasteiger partial charge in [0.2, 0.25) is 0 Å². The molecule has 1 aliphatic heterocycles. The van der Waals surface area contributed by atoms with E-state index in [1.165, 1.54) is 11.1 Å². The molecule has 3 heterocycles. The van der Waals surface area contributed by atoms with E-state index in [0.29, 0.717) is 18.8 Å². The molecule has 24 heavy (non-hydrogen) atoms. The Morgan fingerprint density at radius 1 is 1.17 bits per heavy atom. The minimum absolute atomic E-state index is 0.0638. The van der Waals surface area contributed by atoms with Crippen LogP contribution in [-0.4, -0.2) is 31.5 Å². The molecule has 1 amide bonds. The van der Waals surface area contributed by atoms with Crippen LogP contribution in [0.25, 0.3) is 11.3 Å². The predicted octanol–water partition coefficient (Wildman–Crippen LogP) is 2.85. The van der Waals surface area contributed by atoms with Crippen LogP contribution in [0.1, 0.15) is 21.9 Å². The average Bonchev–Trinajstić information content (AvgIpc) is 3.19. The van der Waals surface area contributed by atoms with Gasteiger partial charge in [-0.1, -0.05) is 23.8 Å². The lowest BCUT2D eigenvalue weighted by Crippen LogP contribution is -2.39. The number of amides is 1. The van der Waals surface area contributed by atoms with E-state index in [2.05, 4.69) is 40.7 Å². The van der Waals surface area contributed by atoms with E-state index in [1.54, 1.807) is 0 Å². The van der Waals surface area contributed by atoms with Crippen molar-refractivity contribution in [1.29, 1.82) is 0 Å². The van der Waals surface area contributed by atoms with Gasteiger partial charge >= 0.3 is 0 Å². The van der Waals surface area contributed by atoms with Crippen LogP contribution in [0.3, 0.4) is 0 Å². The third-order valence-corrected chi connectivity index (χ3v) is 4.63. The number of benzene rings is 1. The molecule has 122 valence electrons. The van der Waals surface area contributed by atoms with Gasteiger partial charge in [-0.25, -0.2) is 4.98 Å². The molecule has 0 radical (unpaired) electrons. The molecule has 0 saturated heterocycles. The van der Waals surface area contributed by atoms with Gasteiger partial charge < -0.3 is 14.0 Å². The van der Waals surface area contributed by atoms with Crippen molar-refractivity contribution in [2.45, 2.75) is 20.0 Å². The molecule has 3 aromatic rings. The predicted molar refractivity (Wildman–Crippen MR) is 92.6 cm³/mol. The van der Waals surface area contributed by atoms with Crippen LogP contribution in [0.2, 0.25) is 0 Å². The summed E-state index contributed by atoms with van der Waals surface area (Å²) in [7, 11) is 1.90. The Kier molecular flexibility index (Phi) is 3.49. The summed E-state index contributed by atoms with van der Waals surface area (Å²) in [5.41, 5.74) is 4.25. The minimum Gasteiger partial charge on any atom is -0.347 e. The standard InChI is InChI=1S/C19H20N4O/c1-14-5-3-6-15(11-14)17-12-20-18-13-22(9-10-23(17)18)19(24)16-7-4-8-21(16)2/h3-8,11-12H,9-10,13H2,1-2H3. The second kappa shape index (κ2) is 5.67. The summed E-state index contributed by atoms with van der Waals surface area (Å²) in [5, 5.41) is 0. The minimum atomic E-state index is 0.0638. The Morgan fingerprint density at radius 2 is 2.04 bits per heavy atom. The van der Waals surface area contributed by atoms with Crippen LogP contribution in [0.15, 0.2) is 48.8 Å². The average molecular weight is 320 g/mol. The maximum absolute atomic E-state index is 12.7. The fourth-order valence-corrected chi connectivity index (χ4v) is 3.31. The highest BCUT2D eigenvalue weighted by Crippen LogP contribution is 2.25. The van der Waals surface area contributed by atoms with Crippen molar-refractivity contribution in [1.82, 2.24) is 19.0 Å². The molecular weight excluding hydrogens is 300 g/mol. The number of aryl methyl sites for hydroxylation is 2. The summed E-state index contributed by atoms with van der Waals surface area (Å²) >= 11 is 0. The molecule has 0 bridgehead atoms. The smallest absolute Gasteiger partial charge is 0.270 e. The number of carbonyl (C=O) groups excluding carboxylic acids is 1. The molecule has 2 aromatic heterocycles.